The maximum atomic E-state index is 10.4. The molecule has 0 fully saturated rings. The Morgan fingerprint density at radius 2 is 2.21 bits per heavy atom. The van der Waals surface area contributed by atoms with Crippen molar-refractivity contribution in [1.29, 1.82) is 0 Å². The molecule has 0 aliphatic rings. The summed E-state index contributed by atoms with van der Waals surface area (Å²) >= 11 is 2.05. The number of rotatable bonds is 3. The topological polar surface area (TPSA) is 83.6 Å². The third kappa shape index (κ3) is 2.85. The minimum absolute atomic E-state index is 0.0469. The molecule has 1 aromatic rings. The van der Waals surface area contributed by atoms with Gasteiger partial charge < -0.3 is 15.9 Å². The lowest BCUT2D eigenvalue weighted by atomic mass is 10.0. The standard InChI is InChI=1S/C9H10INO3/c10-5-1-2-6(8(12)3-5)7(11)4-9(13)14/h1-3,7,12H,4,11H2,(H,13,14)/t7-/m1/s1. The number of carbonyl (C=O) groups is 1. The van der Waals surface area contributed by atoms with E-state index >= 15 is 0 Å². The van der Waals surface area contributed by atoms with Crippen molar-refractivity contribution < 1.29 is 15.0 Å². The van der Waals surface area contributed by atoms with Crippen LogP contribution in [0, 0.1) is 3.57 Å². The summed E-state index contributed by atoms with van der Waals surface area (Å²) in [6, 6.07) is 4.31. The third-order valence-corrected chi connectivity index (χ3v) is 2.46. The zero-order valence-electron chi connectivity index (χ0n) is 7.27. The van der Waals surface area contributed by atoms with Gasteiger partial charge in [0.15, 0.2) is 0 Å². The smallest absolute Gasteiger partial charge is 0.305 e. The largest absolute Gasteiger partial charge is 0.508 e. The SMILES string of the molecule is N[C@H](CC(=O)O)c1ccc(I)cc1O. The highest BCUT2D eigenvalue weighted by Gasteiger charge is 2.14. The van der Waals surface area contributed by atoms with Crippen molar-refractivity contribution >= 4 is 28.6 Å². The lowest BCUT2D eigenvalue weighted by Gasteiger charge is -2.11. The highest BCUT2D eigenvalue weighted by Crippen LogP contribution is 2.26. The minimum Gasteiger partial charge on any atom is -0.508 e. The summed E-state index contributed by atoms with van der Waals surface area (Å²) < 4.78 is 0.881. The van der Waals surface area contributed by atoms with Crippen LogP contribution in [-0.4, -0.2) is 16.2 Å². The van der Waals surface area contributed by atoms with Crippen molar-refractivity contribution in [2.75, 3.05) is 0 Å². The predicted octanol–water partition coefficient (Wildman–Crippen LogP) is 1.47. The average Bonchev–Trinajstić information content (AvgIpc) is 2.01. The van der Waals surface area contributed by atoms with Gasteiger partial charge in [-0.05, 0) is 34.7 Å². The lowest BCUT2D eigenvalue weighted by molar-refractivity contribution is -0.137. The van der Waals surface area contributed by atoms with E-state index in [0.29, 0.717) is 5.56 Å². The molecule has 0 radical (unpaired) electrons. The van der Waals surface area contributed by atoms with E-state index in [1.165, 1.54) is 0 Å². The summed E-state index contributed by atoms with van der Waals surface area (Å²) in [5.41, 5.74) is 6.07. The van der Waals surface area contributed by atoms with Gasteiger partial charge in [0.25, 0.3) is 0 Å². The van der Waals surface area contributed by atoms with Crippen LogP contribution < -0.4 is 5.73 Å². The molecule has 4 nitrogen and oxygen atoms in total. The number of halogens is 1. The number of nitrogens with two attached hydrogens (primary N) is 1. The van der Waals surface area contributed by atoms with Gasteiger partial charge in [0.05, 0.1) is 6.42 Å². The monoisotopic (exact) mass is 307 g/mol. The van der Waals surface area contributed by atoms with Crippen LogP contribution >= 0.6 is 22.6 Å². The molecular formula is C9H10INO3. The Hall–Kier alpha value is -0.820. The number of hydrogen-bond donors (Lipinski definition) is 3. The van der Waals surface area contributed by atoms with E-state index in [1.54, 1.807) is 18.2 Å². The quantitative estimate of drug-likeness (QED) is 0.739. The van der Waals surface area contributed by atoms with Crippen molar-refractivity contribution in [3.05, 3.63) is 27.3 Å². The van der Waals surface area contributed by atoms with E-state index in [-0.39, 0.29) is 12.2 Å². The van der Waals surface area contributed by atoms with E-state index in [2.05, 4.69) is 22.6 Å². The zero-order chi connectivity index (χ0) is 10.7. The van der Waals surface area contributed by atoms with Crippen molar-refractivity contribution in [2.45, 2.75) is 12.5 Å². The van der Waals surface area contributed by atoms with E-state index in [1.807, 2.05) is 0 Å². The summed E-state index contributed by atoms with van der Waals surface area (Å²) in [5, 5.41) is 18.0. The van der Waals surface area contributed by atoms with Gasteiger partial charge in [-0.25, -0.2) is 0 Å². The zero-order valence-corrected chi connectivity index (χ0v) is 9.43. The molecular weight excluding hydrogens is 297 g/mol. The molecule has 1 atom stereocenters. The lowest BCUT2D eigenvalue weighted by Crippen LogP contribution is -2.15. The second-order valence-corrected chi connectivity index (χ2v) is 4.15. The number of carboxylic acid groups (broad SMARTS) is 1. The number of aromatic hydroxyl groups is 1. The van der Waals surface area contributed by atoms with Gasteiger partial charge in [-0.1, -0.05) is 6.07 Å². The fraction of sp³-hybridized carbons (Fsp3) is 0.222. The molecule has 0 bridgehead atoms. The molecule has 0 amide bonds. The first-order valence-corrected chi connectivity index (χ1v) is 5.04. The van der Waals surface area contributed by atoms with Crippen molar-refractivity contribution in [1.82, 2.24) is 0 Å². The van der Waals surface area contributed by atoms with Gasteiger partial charge in [0.1, 0.15) is 5.75 Å². The normalized spacial score (nSPS) is 12.4. The van der Waals surface area contributed by atoms with E-state index in [9.17, 15) is 9.90 Å². The minimum atomic E-state index is -0.976. The Morgan fingerprint density at radius 3 is 2.71 bits per heavy atom. The molecule has 4 N–H and O–H groups in total. The van der Waals surface area contributed by atoms with E-state index < -0.39 is 12.0 Å². The average molecular weight is 307 g/mol. The Kier molecular flexibility index (Phi) is 3.70. The molecule has 0 aromatic heterocycles. The molecule has 0 unspecified atom stereocenters. The first kappa shape index (κ1) is 11.3. The van der Waals surface area contributed by atoms with Crippen LogP contribution in [0.25, 0.3) is 0 Å². The van der Waals surface area contributed by atoms with Crippen LogP contribution in [0.2, 0.25) is 0 Å². The maximum Gasteiger partial charge on any atom is 0.305 e. The fourth-order valence-corrected chi connectivity index (χ4v) is 1.60. The Labute approximate surface area is 94.9 Å². The highest BCUT2D eigenvalue weighted by atomic mass is 127. The molecule has 0 aliphatic heterocycles. The first-order valence-electron chi connectivity index (χ1n) is 3.96. The Bertz CT molecular complexity index is 354. The molecule has 0 saturated carbocycles. The molecule has 1 rings (SSSR count). The number of aliphatic carboxylic acids is 1. The van der Waals surface area contributed by atoms with E-state index in [4.69, 9.17) is 10.8 Å². The van der Waals surface area contributed by atoms with Crippen LogP contribution in [0.15, 0.2) is 18.2 Å². The number of hydrogen-bond acceptors (Lipinski definition) is 3. The summed E-state index contributed by atoms with van der Waals surface area (Å²) in [5.74, 6) is -0.930. The highest BCUT2D eigenvalue weighted by molar-refractivity contribution is 14.1. The summed E-state index contributed by atoms with van der Waals surface area (Å²) in [6.45, 7) is 0. The van der Waals surface area contributed by atoms with Crippen molar-refractivity contribution in [3.8, 4) is 5.75 Å². The molecule has 1 aromatic carbocycles. The predicted molar refractivity (Wildman–Crippen MR) is 60.0 cm³/mol. The second-order valence-electron chi connectivity index (χ2n) is 2.91. The Balaban J connectivity index is 2.90. The third-order valence-electron chi connectivity index (χ3n) is 1.79. The van der Waals surface area contributed by atoms with Gasteiger partial charge in [0.2, 0.25) is 0 Å². The molecule has 0 heterocycles. The summed E-state index contributed by atoms with van der Waals surface area (Å²) in [7, 11) is 0. The maximum absolute atomic E-state index is 10.4. The molecule has 14 heavy (non-hydrogen) atoms. The number of carboxylic acids is 1. The van der Waals surface area contributed by atoms with Gasteiger partial charge in [-0.3, -0.25) is 4.79 Å². The fourth-order valence-electron chi connectivity index (χ4n) is 1.13. The summed E-state index contributed by atoms with van der Waals surface area (Å²) in [4.78, 5) is 10.4. The summed E-state index contributed by atoms with van der Waals surface area (Å²) in [6.07, 6.45) is -0.186. The first-order chi connectivity index (χ1) is 6.50. The van der Waals surface area contributed by atoms with Gasteiger partial charge in [0, 0.05) is 15.2 Å². The van der Waals surface area contributed by atoms with Crippen LogP contribution in [0.3, 0.4) is 0 Å². The molecule has 0 aliphatic carbocycles. The van der Waals surface area contributed by atoms with Crippen molar-refractivity contribution in [3.63, 3.8) is 0 Å². The van der Waals surface area contributed by atoms with Gasteiger partial charge in [-0.15, -0.1) is 0 Å². The molecule has 5 heteroatoms. The van der Waals surface area contributed by atoms with Gasteiger partial charge in [-0.2, -0.15) is 0 Å². The van der Waals surface area contributed by atoms with Crippen LogP contribution in [0.5, 0.6) is 5.75 Å². The second kappa shape index (κ2) is 4.61. The molecule has 0 spiro atoms. The number of benzene rings is 1. The number of phenolic OH excluding ortho intramolecular Hbond substituents is 1. The van der Waals surface area contributed by atoms with Crippen molar-refractivity contribution in [2.24, 2.45) is 5.73 Å². The van der Waals surface area contributed by atoms with Crippen LogP contribution in [-0.2, 0) is 4.79 Å². The van der Waals surface area contributed by atoms with Crippen LogP contribution in [0.1, 0.15) is 18.0 Å². The van der Waals surface area contributed by atoms with Gasteiger partial charge >= 0.3 is 5.97 Å². The molecule has 76 valence electrons. The molecule has 0 saturated heterocycles. The number of phenols is 1. The van der Waals surface area contributed by atoms with Crippen LogP contribution in [0.4, 0.5) is 0 Å². The van der Waals surface area contributed by atoms with E-state index in [0.717, 1.165) is 3.57 Å². The Morgan fingerprint density at radius 1 is 1.57 bits per heavy atom.